The van der Waals surface area contributed by atoms with Crippen molar-refractivity contribution in [3.63, 3.8) is 0 Å². The number of hydrogen-bond donors (Lipinski definition) is 0. The van der Waals surface area contributed by atoms with Crippen LogP contribution >= 0.6 is 11.8 Å². The van der Waals surface area contributed by atoms with Crippen LogP contribution in [0.1, 0.15) is 37.6 Å². The number of benzene rings is 5. The van der Waals surface area contributed by atoms with Gasteiger partial charge in [0.2, 0.25) is 0 Å². The molecule has 4 nitrogen and oxygen atoms in total. The number of imidazole rings is 1. The van der Waals surface area contributed by atoms with Crippen LogP contribution in [0.25, 0.3) is 61.6 Å². The molecule has 242 valence electrons. The van der Waals surface area contributed by atoms with Gasteiger partial charge in [0.1, 0.15) is 0 Å². The van der Waals surface area contributed by atoms with Gasteiger partial charge in [-0.3, -0.25) is 4.57 Å². The third kappa shape index (κ3) is 5.80. The smallest absolute Gasteiger partial charge is 0.174 e. The Bertz CT molecular complexity index is 2440. The largest absolute Gasteiger partial charge is 0.286 e. The summed E-state index contributed by atoms with van der Waals surface area (Å²) in [6, 6.07) is 46.1. The molecule has 5 aromatic carbocycles. The Balaban J connectivity index is 1.18. The minimum absolute atomic E-state index is 0.149. The Morgan fingerprint density at radius 2 is 1.26 bits per heavy atom. The van der Waals surface area contributed by atoms with Crippen LogP contribution in [0.3, 0.4) is 0 Å². The van der Waals surface area contributed by atoms with Crippen molar-refractivity contribution in [3.05, 3.63) is 175 Å². The lowest BCUT2D eigenvalue weighted by Gasteiger charge is -2.33. The molecule has 0 saturated carbocycles. The molecule has 1 aliphatic rings. The number of aromatic nitrogens is 4. The minimum atomic E-state index is -0.149. The van der Waals surface area contributed by atoms with Crippen LogP contribution in [0.2, 0.25) is 0 Å². The van der Waals surface area contributed by atoms with E-state index in [1.165, 1.54) is 5.56 Å². The van der Waals surface area contributed by atoms with Gasteiger partial charge in [-0.2, -0.15) is 0 Å². The third-order valence-electron chi connectivity index (χ3n) is 9.20. The summed E-state index contributed by atoms with van der Waals surface area (Å²) < 4.78 is 2.21. The number of hydrogen-bond acceptors (Lipinski definition) is 4. The second-order valence-electron chi connectivity index (χ2n) is 13.0. The van der Waals surface area contributed by atoms with Crippen molar-refractivity contribution in [2.24, 2.45) is 0 Å². The molecule has 0 radical (unpaired) electrons. The highest BCUT2D eigenvalue weighted by Gasteiger charge is 2.36. The average Bonchev–Trinajstić information content (AvgIpc) is 3.53. The zero-order valence-electron chi connectivity index (χ0n) is 28.3. The zero-order valence-corrected chi connectivity index (χ0v) is 29.2. The highest BCUT2D eigenvalue weighted by atomic mass is 32.2. The van der Waals surface area contributed by atoms with Crippen LogP contribution in [0, 0.1) is 0 Å². The van der Waals surface area contributed by atoms with Gasteiger partial charge in [-0.15, -0.1) is 0 Å². The average molecular weight is 665 g/mol. The van der Waals surface area contributed by atoms with Crippen molar-refractivity contribution in [3.8, 4) is 39.5 Å². The molecule has 7 aromatic rings. The molecular formula is C45H36N4S. The van der Waals surface area contributed by atoms with E-state index < -0.39 is 0 Å². The number of para-hydroxylation sites is 2. The van der Waals surface area contributed by atoms with Gasteiger partial charge in [0, 0.05) is 21.4 Å². The van der Waals surface area contributed by atoms with Gasteiger partial charge >= 0.3 is 0 Å². The maximum absolute atomic E-state index is 5.29. The molecule has 3 heterocycles. The quantitative estimate of drug-likeness (QED) is 0.159. The van der Waals surface area contributed by atoms with E-state index in [9.17, 15) is 0 Å². The fraction of sp³-hybridized carbons (Fsp3) is 0.0889. The van der Waals surface area contributed by atoms with Crippen molar-refractivity contribution in [2.75, 3.05) is 0 Å². The molecule has 5 heteroatoms. The predicted octanol–water partition coefficient (Wildman–Crippen LogP) is 11.8. The van der Waals surface area contributed by atoms with Crippen molar-refractivity contribution < 1.29 is 0 Å². The molecule has 50 heavy (non-hydrogen) atoms. The first-order valence-corrected chi connectivity index (χ1v) is 17.6. The summed E-state index contributed by atoms with van der Waals surface area (Å²) in [5.41, 5.74) is 14.2. The highest BCUT2D eigenvalue weighted by Crippen LogP contribution is 2.51. The first-order valence-electron chi connectivity index (χ1n) is 16.8. The van der Waals surface area contributed by atoms with Gasteiger partial charge in [0.05, 0.1) is 39.5 Å². The summed E-state index contributed by atoms with van der Waals surface area (Å²) in [6.45, 7) is 11.2. The van der Waals surface area contributed by atoms with Crippen LogP contribution in [-0.2, 0) is 4.75 Å². The normalized spacial score (nSPS) is 13.7. The molecule has 0 spiro atoms. The van der Waals surface area contributed by atoms with Crippen molar-refractivity contribution in [2.45, 2.75) is 30.7 Å². The van der Waals surface area contributed by atoms with Gasteiger partial charge in [-0.1, -0.05) is 152 Å². The molecular weight excluding hydrogens is 629 g/mol. The zero-order chi connectivity index (χ0) is 34.2. The van der Waals surface area contributed by atoms with E-state index in [0.717, 1.165) is 78.1 Å². The first kappa shape index (κ1) is 31.5. The minimum Gasteiger partial charge on any atom is -0.286 e. The first-order chi connectivity index (χ1) is 24.4. The monoisotopic (exact) mass is 664 g/mol. The molecule has 0 bridgehead atoms. The highest BCUT2D eigenvalue weighted by molar-refractivity contribution is 8.00. The van der Waals surface area contributed by atoms with Gasteiger partial charge in [-0.25, -0.2) is 15.0 Å². The Morgan fingerprint density at radius 1 is 0.680 bits per heavy atom. The Kier molecular flexibility index (Phi) is 8.14. The Labute approximate surface area is 297 Å². The molecule has 0 amide bonds. The summed E-state index contributed by atoms with van der Waals surface area (Å²) >= 11 is 1.82. The lowest BCUT2D eigenvalue weighted by atomic mass is 9.95. The molecule has 0 unspecified atom stereocenters. The summed E-state index contributed by atoms with van der Waals surface area (Å²) in [7, 11) is 0. The van der Waals surface area contributed by atoms with E-state index in [2.05, 4.69) is 135 Å². The fourth-order valence-corrected chi connectivity index (χ4v) is 7.77. The molecule has 0 fully saturated rings. The Morgan fingerprint density at radius 3 is 1.92 bits per heavy atom. The van der Waals surface area contributed by atoms with Gasteiger partial charge in [-0.05, 0) is 61.2 Å². The summed E-state index contributed by atoms with van der Waals surface area (Å²) in [5.74, 6) is 0. The predicted molar refractivity (Wildman–Crippen MR) is 210 cm³/mol. The van der Waals surface area contributed by atoms with E-state index in [1.54, 1.807) is 0 Å². The van der Waals surface area contributed by atoms with E-state index >= 15 is 0 Å². The maximum Gasteiger partial charge on any atom is 0.174 e. The van der Waals surface area contributed by atoms with Crippen LogP contribution in [0.4, 0.5) is 0 Å². The van der Waals surface area contributed by atoms with Crippen LogP contribution < -0.4 is 0 Å². The van der Waals surface area contributed by atoms with Crippen molar-refractivity contribution >= 4 is 33.9 Å². The maximum atomic E-state index is 5.29. The van der Waals surface area contributed by atoms with E-state index in [-0.39, 0.29) is 4.75 Å². The number of thioether (sulfide) groups is 1. The second-order valence-corrected chi connectivity index (χ2v) is 14.6. The van der Waals surface area contributed by atoms with E-state index in [1.807, 2.05) is 60.3 Å². The molecule has 2 aromatic heterocycles. The summed E-state index contributed by atoms with van der Waals surface area (Å²) in [5, 5.41) is 1.00. The molecule has 1 aliphatic heterocycles. The lowest BCUT2D eigenvalue weighted by molar-refractivity contribution is 0.724. The number of fused-ring (bicyclic) bond motifs is 4. The van der Waals surface area contributed by atoms with Crippen molar-refractivity contribution in [1.82, 2.24) is 19.5 Å². The molecule has 0 saturated heterocycles. The number of allylic oxidation sites excluding steroid dienone is 5. The van der Waals surface area contributed by atoms with Gasteiger partial charge in [0.15, 0.2) is 5.16 Å². The Hall–Kier alpha value is -5.78. The van der Waals surface area contributed by atoms with E-state index in [0.29, 0.717) is 0 Å². The van der Waals surface area contributed by atoms with Gasteiger partial charge < -0.3 is 0 Å². The molecule has 0 N–H and O–H groups in total. The van der Waals surface area contributed by atoms with Gasteiger partial charge in [0.25, 0.3) is 0 Å². The van der Waals surface area contributed by atoms with Crippen molar-refractivity contribution in [1.29, 1.82) is 0 Å². The van der Waals surface area contributed by atoms with Crippen LogP contribution in [-0.4, -0.2) is 19.5 Å². The third-order valence-corrected chi connectivity index (χ3v) is 10.4. The van der Waals surface area contributed by atoms with Crippen LogP contribution in [0.15, 0.2) is 163 Å². The summed E-state index contributed by atoms with van der Waals surface area (Å²) in [6.07, 6.45) is 6.24. The topological polar surface area (TPSA) is 43.6 Å². The standard InChI is InChI=1S/C45H36N4S/c1-30(17-16-18-31(2)40-41(32-19-8-5-9-20-32)47-38-26-15-14-25-37(38)46-40)35-27-28-36-39(29-35)49-43(34-23-12-7-13-24-34)42(33-21-10-6-11-22-33)48-44(49)50-45(36,3)4/h5-29H,2H2,1,3-4H3/b18-16-,30-17+. The molecule has 0 atom stereocenters. The molecule has 8 rings (SSSR count). The summed E-state index contributed by atoms with van der Waals surface area (Å²) in [4.78, 5) is 15.3. The molecule has 0 aliphatic carbocycles. The SMILES string of the molecule is C=C(/C=C\C=C(/C)c1ccc2c(c1)-n1c(nc(-c3ccccc3)c1-c1ccccc1)SC2(C)C)c1nc2ccccc2nc1-c1ccccc1. The van der Waals surface area contributed by atoms with E-state index in [4.69, 9.17) is 15.0 Å². The fourth-order valence-electron chi connectivity index (χ4n) is 6.61. The second kappa shape index (κ2) is 12.9. The van der Waals surface area contributed by atoms with Crippen LogP contribution in [0.5, 0.6) is 0 Å². The lowest BCUT2D eigenvalue weighted by Crippen LogP contribution is -2.22. The number of nitrogens with zero attached hydrogens (tertiary/aromatic N) is 4. The number of rotatable bonds is 7.